The molecule has 0 bridgehead atoms. The normalized spacial score (nSPS) is 27.2. The van der Waals surface area contributed by atoms with E-state index in [0.29, 0.717) is 24.8 Å². The summed E-state index contributed by atoms with van der Waals surface area (Å²) >= 11 is 5.82. The Labute approximate surface area is 133 Å². The molecule has 1 saturated heterocycles. The fraction of sp³-hybridized carbons (Fsp3) is 0.500. The summed E-state index contributed by atoms with van der Waals surface area (Å²) in [5, 5.41) is 3.09. The molecule has 0 unspecified atom stereocenters. The number of benzene rings is 1. The van der Waals surface area contributed by atoms with Crippen LogP contribution in [-0.4, -0.2) is 36.3 Å². The Bertz CT molecular complexity index is 602. The molecule has 0 radical (unpaired) electrons. The molecular weight excluding hydrogens is 307 g/mol. The second-order valence-corrected chi connectivity index (χ2v) is 6.66. The minimum atomic E-state index is -0.515. The summed E-state index contributed by atoms with van der Waals surface area (Å²) in [7, 11) is 1.73. The number of nitrogens with zero attached hydrogens (tertiary/aromatic N) is 1. The van der Waals surface area contributed by atoms with Gasteiger partial charge in [0.05, 0.1) is 0 Å². The number of rotatable bonds is 2. The molecule has 3 rings (SSSR count). The van der Waals surface area contributed by atoms with E-state index in [2.05, 4.69) is 5.32 Å². The summed E-state index contributed by atoms with van der Waals surface area (Å²) in [5.41, 5.74) is 0.261. The van der Waals surface area contributed by atoms with Crippen molar-refractivity contribution in [2.45, 2.75) is 25.3 Å². The van der Waals surface area contributed by atoms with Gasteiger partial charge < -0.3 is 10.2 Å². The zero-order chi connectivity index (χ0) is 15.9. The molecule has 0 spiro atoms. The van der Waals surface area contributed by atoms with E-state index in [1.165, 1.54) is 18.2 Å². The predicted molar refractivity (Wildman–Crippen MR) is 81.1 cm³/mol. The van der Waals surface area contributed by atoms with Crippen LogP contribution in [0.4, 0.5) is 4.39 Å². The molecule has 0 aromatic heterocycles. The Balaban J connectivity index is 1.72. The van der Waals surface area contributed by atoms with Crippen molar-refractivity contribution in [1.82, 2.24) is 10.2 Å². The van der Waals surface area contributed by atoms with E-state index < -0.39 is 5.82 Å². The maximum atomic E-state index is 13.4. The summed E-state index contributed by atoms with van der Waals surface area (Å²) < 4.78 is 13.4. The van der Waals surface area contributed by atoms with Gasteiger partial charge >= 0.3 is 0 Å². The lowest BCUT2D eigenvalue weighted by Crippen LogP contribution is -2.38. The highest BCUT2D eigenvalue weighted by Gasteiger charge is 2.40. The molecule has 1 heterocycles. The number of hydrogen-bond donors (Lipinski definition) is 1. The van der Waals surface area contributed by atoms with Gasteiger partial charge in [-0.2, -0.15) is 0 Å². The monoisotopic (exact) mass is 324 g/mol. The highest BCUT2D eigenvalue weighted by molar-refractivity contribution is 6.31. The van der Waals surface area contributed by atoms with Crippen molar-refractivity contribution in [2.75, 3.05) is 13.6 Å². The van der Waals surface area contributed by atoms with Crippen LogP contribution < -0.4 is 5.32 Å². The number of nitrogens with one attached hydrogen (secondary N) is 1. The third-order valence-electron chi connectivity index (χ3n) is 4.80. The van der Waals surface area contributed by atoms with Gasteiger partial charge in [-0.15, -0.1) is 0 Å². The van der Waals surface area contributed by atoms with E-state index in [1.54, 1.807) is 11.9 Å². The van der Waals surface area contributed by atoms with Crippen molar-refractivity contribution in [3.8, 4) is 0 Å². The van der Waals surface area contributed by atoms with Crippen molar-refractivity contribution in [1.29, 1.82) is 0 Å². The van der Waals surface area contributed by atoms with Gasteiger partial charge in [0.1, 0.15) is 5.82 Å². The molecule has 1 aliphatic heterocycles. The molecule has 118 valence electrons. The molecule has 4 nitrogen and oxygen atoms in total. The Hall–Kier alpha value is -1.62. The standard InChI is InChI=1S/C16H18ClFN2O2/c1-20(16(22)10-2-12(17)7-13(18)3-10)14-4-9-6-15(21)19-8-11(9)5-14/h2-3,7,9,11,14H,4-6,8H2,1H3,(H,19,21)/t9-,11+,14-/m0/s1. The van der Waals surface area contributed by atoms with Crippen LogP contribution in [0.25, 0.3) is 0 Å². The maximum absolute atomic E-state index is 13.4. The summed E-state index contributed by atoms with van der Waals surface area (Å²) in [4.78, 5) is 25.6. The molecule has 1 aromatic carbocycles. The zero-order valence-corrected chi connectivity index (χ0v) is 13.1. The van der Waals surface area contributed by atoms with Crippen molar-refractivity contribution >= 4 is 23.4 Å². The number of carbonyl (C=O) groups excluding carboxylic acids is 2. The topological polar surface area (TPSA) is 49.4 Å². The lowest BCUT2D eigenvalue weighted by Gasteiger charge is -2.25. The van der Waals surface area contributed by atoms with Crippen LogP contribution in [-0.2, 0) is 4.79 Å². The Morgan fingerprint density at radius 2 is 2.05 bits per heavy atom. The highest BCUT2D eigenvalue weighted by Crippen LogP contribution is 2.38. The first-order chi connectivity index (χ1) is 10.4. The van der Waals surface area contributed by atoms with Crippen LogP contribution in [0.5, 0.6) is 0 Å². The second-order valence-electron chi connectivity index (χ2n) is 6.23. The van der Waals surface area contributed by atoms with Crippen LogP contribution >= 0.6 is 11.6 Å². The van der Waals surface area contributed by atoms with Gasteiger partial charge in [0, 0.05) is 36.6 Å². The van der Waals surface area contributed by atoms with Crippen LogP contribution in [0, 0.1) is 17.7 Å². The largest absolute Gasteiger partial charge is 0.356 e. The average molecular weight is 325 g/mol. The van der Waals surface area contributed by atoms with Gasteiger partial charge in [0.25, 0.3) is 5.91 Å². The predicted octanol–water partition coefficient (Wildman–Crippen LogP) is 2.47. The quantitative estimate of drug-likeness (QED) is 0.908. The van der Waals surface area contributed by atoms with E-state index in [4.69, 9.17) is 11.6 Å². The molecule has 3 atom stereocenters. The first-order valence-corrected chi connectivity index (χ1v) is 7.82. The smallest absolute Gasteiger partial charge is 0.254 e. The number of carbonyl (C=O) groups is 2. The van der Waals surface area contributed by atoms with Gasteiger partial charge in [0.2, 0.25) is 5.91 Å². The van der Waals surface area contributed by atoms with Crippen LogP contribution in [0.1, 0.15) is 29.6 Å². The van der Waals surface area contributed by atoms with E-state index in [-0.39, 0.29) is 28.4 Å². The van der Waals surface area contributed by atoms with Crippen LogP contribution in [0.3, 0.4) is 0 Å². The first-order valence-electron chi connectivity index (χ1n) is 7.44. The van der Waals surface area contributed by atoms with Gasteiger partial charge in [-0.25, -0.2) is 4.39 Å². The third kappa shape index (κ3) is 2.95. The van der Waals surface area contributed by atoms with Crippen molar-refractivity contribution in [2.24, 2.45) is 11.8 Å². The Morgan fingerprint density at radius 3 is 2.77 bits per heavy atom. The molecular formula is C16H18ClFN2O2. The molecule has 2 fully saturated rings. The molecule has 1 aromatic rings. The minimum Gasteiger partial charge on any atom is -0.356 e. The third-order valence-corrected chi connectivity index (χ3v) is 5.02. The summed E-state index contributed by atoms with van der Waals surface area (Å²) in [6.45, 7) is 0.688. The molecule has 2 aliphatic rings. The van der Waals surface area contributed by atoms with Crippen LogP contribution in [0.15, 0.2) is 18.2 Å². The lowest BCUT2D eigenvalue weighted by atomic mass is 9.89. The summed E-state index contributed by atoms with van der Waals surface area (Å²) in [6, 6.07) is 3.95. The van der Waals surface area contributed by atoms with Gasteiger partial charge in [0.15, 0.2) is 0 Å². The number of amides is 2. The maximum Gasteiger partial charge on any atom is 0.254 e. The van der Waals surface area contributed by atoms with Crippen molar-refractivity contribution in [3.63, 3.8) is 0 Å². The molecule has 1 saturated carbocycles. The van der Waals surface area contributed by atoms with E-state index in [9.17, 15) is 14.0 Å². The number of piperidine rings is 1. The molecule has 1 N–H and O–H groups in total. The zero-order valence-electron chi connectivity index (χ0n) is 12.3. The fourth-order valence-electron chi connectivity index (χ4n) is 3.60. The summed E-state index contributed by atoms with van der Waals surface area (Å²) in [5.74, 6) is 0.107. The van der Waals surface area contributed by atoms with Gasteiger partial charge in [-0.05, 0) is 42.9 Å². The molecule has 2 amide bonds. The minimum absolute atomic E-state index is 0.0808. The number of fused-ring (bicyclic) bond motifs is 1. The highest BCUT2D eigenvalue weighted by atomic mass is 35.5. The average Bonchev–Trinajstić information content (AvgIpc) is 2.87. The Kier molecular flexibility index (Phi) is 4.08. The number of halogens is 2. The van der Waals surface area contributed by atoms with E-state index in [0.717, 1.165) is 12.8 Å². The molecule has 6 heteroatoms. The first kappa shape index (κ1) is 15.3. The van der Waals surface area contributed by atoms with Crippen molar-refractivity contribution < 1.29 is 14.0 Å². The van der Waals surface area contributed by atoms with Crippen LogP contribution in [0.2, 0.25) is 5.02 Å². The second kappa shape index (κ2) is 5.88. The molecule has 1 aliphatic carbocycles. The Morgan fingerprint density at radius 1 is 1.32 bits per heavy atom. The molecule has 22 heavy (non-hydrogen) atoms. The lowest BCUT2D eigenvalue weighted by molar-refractivity contribution is -0.124. The van der Waals surface area contributed by atoms with E-state index >= 15 is 0 Å². The van der Waals surface area contributed by atoms with E-state index in [1.807, 2.05) is 0 Å². The fourth-order valence-corrected chi connectivity index (χ4v) is 3.82. The van der Waals surface area contributed by atoms with Gasteiger partial charge in [-0.3, -0.25) is 9.59 Å². The van der Waals surface area contributed by atoms with Crippen molar-refractivity contribution in [3.05, 3.63) is 34.6 Å². The SMILES string of the molecule is CN(C(=O)c1cc(F)cc(Cl)c1)[C@H]1C[C@H]2CC(=O)NC[C@H]2C1. The van der Waals surface area contributed by atoms with Gasteiger partial charge in [-0.1, -0.05) is 11.6 Å². The summed E-state index contributed by atoms with van der Waals surface area (Å²) in [6.07, 6.45) is 2.23. The number of hydrogen-bond acceptors (Lipinski definition) is 2.